The molecule has 2 atom stereocenters. The normalized spacial score (nSPS) is 13.8. The molecule has 0 bridgehead atoms. The van der Waals surface area contributed by atoms with Crippen LogP contribution in [0, 0.1) is 0 Å². The van der Waals surface area contributed by atoms with Crippen LogP contribution in [0.4, 0.5) is 0 Å². The molecular formula is C39H72NO8P. The smallest absolute Gasteiger partial charge is 0.463 e. The largest absolute Gasteiger partial charge is 0.472 e. The molecule has 0 aromatic carbocycles. The van der Waals surface area contributed by atoms with Gasteiger partial charge in [-0.15, -0.1) is 0 Å². The fourth-order valence-electron chi connectivity index (χ4n) is 5.05. The number of carbonyl (C=O) groups excluding carboxylic acids is 2. The lowest BCUT2D eigenvalue weighted by molar-refractivity contribution is -0.147. The number of hydrogen-bond acceptors (Lipinski definition) is 7. The molecule has 10 heteroatoms. The van der Waals surface area contributed by atoms with E-state index in [9.17, 15) is 24.2 Å². The van der Waals surface area contributed by atoms with Crippen molar-refractivity contribution in [2.24, 2.45) is 0 Å². The zero-order valence-electron chi connectivity index (χ0n) is 31.1. The van der Waals surface area contributed by atoms with Crippen LogP contribution in [0.5, 0.6) is 0 Å². The minimum Gasteiger partial charge on any atom is -0.463 e. The minimum atomic E-state index is -4.41. The van der Waals surface area contributed by atoms with E-state index >= 15 is 0 Å². The molecule has 49 heavy (non-hydrogen) atoms. The quantitative estimate of drug-likeness (QED) is 0.0253. The van der Waals surface area contributed by atoms with Crippen LogP contribution in [0.25, 0.3) is 0 Å². The van der Waals surface area contributed by atoms with Crippen LogP contribution in [-0.4, -0.2) is 54.3 Å². The lowest BCUT2D eigenvalue weighted by Gasteiger charge is -2.15. The highest BCUT2D eigenvalue weighted by Gasteiger charge is 2.23. The van der Waals surface area contributed by atoms with Gasteiger partial charge < -0.3 is 20.1 Å². The van der Waals surface area contributed by atoms with E-state index in [4.69, 9.17) is 13.8 Å². The summed E-state index contributed by atoms with van der Waals surface area (Å²) in [5, 5.41) is 12.6. The standard InChI is InChI=1S/C39H72NO8P/c1-3-5-7-9-11-13-15-17-18-20-22-24-26-28-30-32-39(43)46-35-37(41)36-48-49(44,45)47-34-33-40-38(42)31-29-27-25-23-21-19-16-14-12-10-8-6-4-2/h11,13-14,16-18,37,41H,3-10,12,15,19-36H2,1-2H3,(H,40,42)(H,44,45)/b13-11-,16-14-,18-17-. The first-order chi connectivity index (χ1) is 23.8. The first kappa shape index (κ1) is 47.2. The van der Waals surface area contributed by atoms with Crippen molar-refractivity contribution >= 4 is 19.7 Å². The zero-order chi connectivity index (χ0) is 36.1. The third-order valence-electron chi connectivity index (χ3n) is 8.04. The Balaban J connectivity index is 3.66. The third kappa shape index (κ3) is 37.3. The molecule has 0 saturated heterocycles. The summed E-state index contributed by atoms with van der Waals surface area (Å²) in [5.41, 5.74) is 0. The van der Waals surface area contributed by atoms with E-state index < -0.39 is 26.5 Å². The molecular weight excluding hydrogens is 641 g/mol. The molecule has 0 aliphatic carbocycles. The van der Waals surface area contributed by atoms with Crippen molar-refractivity contribution in [2.75, 3.05) is 26.4 Å². The molecule has 0 radical (unpaired) electrons. The average molecular weight is 714 g/mol. The first-order valence-electron chi connectivity index (χ1n) is 19.5. The van der Waals surface area contributed by atoms with Gasteiger partial charge in [0.05, 0.1) is 13.2 Å². The van der Waals surface area contributed by atoms with Crippen LogP contribution in [-0.2, 0) is 27.9 Å². The Hall–Kier alpha value is -1.77. The van der Waals surface area contributed by atoms with Crippen LogP contribution >= 0.6 is 7.82 Å². The highest BCUT2D eigenvalue weighted by molar-refractivity contribution is 7.47. The molecule has 0 rings (SSSR count). The van der Waals surface area contributed by atoms with Gasteiger partial charge >= 0.3 is 13.8 Å². The van der Waals surface area contributed by atoms with Gasteiger partial charge in [-0.05, 0) is 70.6 Å². The number of hydrogen-bond donors (Lipinski definition) is 3. The van der Waals surface area contributed by atoms with Crippen LogP contribution in [0.15, 0.2) is 36.5 Å². The van der Waals surface area contributed by atoms with E-state index in [0.717, 1.165) is 77.0 Å². The molecule has 0 heterocycles. The fourth-order valence-corrected chi connectivity index (χ4v) is 5.81. The Labute approximate surface area is 299 Å². The van der Waals surface area contributed by atoms with Crippen molar-refractivity contribution in [3.8, 4) is 0 Å². The van der Waals surface area contributed by atoms with Gasteiger partial charge in [-0.2, -0.15) is 0 Å². The highest BCUT2D eigenvalue weighted by Crippen LogP contribution is 2.42. The van der Waals surface area contributed by atoms with E-state index in [0.29, 0.717) is 6.42 Å². The van der Waals surface area contributed by atoms with Crippen molar-refractivity contribution in [1.82, 2.24) is 5.32 Å². The van der Waals surface area contributed by atoms with Gasteiger partial charge in [0.15, 0.2) is 0 Å². The predicted molar refractivity (Wildman–Crippen MR) is 201 cm³/mol. The molecule has 3 N–H and O–H groups in total. The Morgan fingerprint density at radius 2 is 1.10 bits per heavy atom. The summed E-state index contributed by atoms with van der Waals surface area (Å²) in [4.78, 5) is 33.8. The summed E-state index contributed by atoms with van der Waals surface area (Å²) in [6, 6.07) is 0. The number of aliphatic hydroxyl groups is 1. The maximum Gasteiger partial charge on any atom is 0.472 e. The molecule has 9 nitrogen and oxygen atoms in total. The summed E-state index contributed by atoms with van der Waals surface area (Å²) >= 11 is 0. The van der Waals surface area contributed by atoms with Gasteiger partial charge in [-0.25, -0.2) is 4.57 Å². The molecule has 286 valence electrons. The first-order valence-corrected chi connectivity index (χ1v) is 21.0. The molecule has 0 aliphatic heterocycles. The molecule has 0 saturated carbocycles. The maximum atomic E-state index is 12.0. The van der Waals surface area contributed by atoms with Crippen LogP contribution in [0.3, 0.4) is 0 Å². The van der Waals surface area contributed by atoms with E-state index in [1.165, 1.54) is 64.2 Å². The van der Waals surface area contributed by atoms with Crippen molar-refractivity contribution in [1.29, 1.82) is 0 Å². The second-order valence-electron chi connectivity index (χ2n) is 12.9. The van der Waals surface area contributed by atoms with Gasteiger partial charge in [-0.1, -0.05) is 121 Å². The van der Waals surface area contributed by atoms with E-state index in [1.807, 2.05) is 0 Å². The summed E-state index contributed by atoms with van der Waals surface area (Å²) in [5.74, 6) is -0.541. The van der Waals surface area contributed by atoms with Crippen LogP contribution in [0.1, 0.15) is 168 Å². The number of esters is 1. The van der Waals surface area contributed by atoms with Gasteiger partial charge in [0.2, 0.25) is 5.91 Å². The zero-order valence-corrected chi connectivity index (χ0v) is 32.0. The van der Waals surface area contributed by atoms with Crippen molar-refractivity contribution in [2.45, 2.75) is 174 Å². The third-order valence-corrected chi connectivity index (χ3v) is 9.03. The summed E-state index contributed by atoms with van der Waals surface area (Å²) in [6.45, 7) is 3.47. The Bertz CT molecular complexity index is 907. The number of allylic oxidation sites excluding steroid dienone is 6. The molecule has 0 spiro atoms. The lowest BCUT2D eigenvalue weighted by Crippen LogP contribution is -2.27. The van der Waals surface area contributed by atoms with Gasteiger partial charge in [0.25, 0.3) is 0 Å². The molecule has 0 aromatic heterocycles. The van der Waals surface area contributed by atoms with Gasteiger partial charge in [0, 0.05) is 19.4 Å². The number of aliphatic hydroxyl groups excluding tert-OH is 1. The topological polar surface area (TPSA) is 131 Å². The second-order valence-corrected chi connectivity index (χ2v) is 14.3. The van der Waals surface area contributed by atoms with Crippen LogP contribution < -0.4 is 5.32 Å². The Morgan fingerprint density at radius 1 is 0.633 bits per heavy atom. The monoisotopic (exact) mass is 713 g/mol. The number of rotatable bonds is 36. The van der Waals surface area contributed by atoms with Gasteiger partial charge in [-0.3, -0.25) is 18.6 Å². The van der Waals surface area contributed by atoms with E-state index in [2.05, 4.69) is 55.6 Å². The number of nitrogens with one attached hydrogen (secondary N) is 1. The minimum absolute atomic E-state index is 0.0753. The Morgan fingerprint density at radius 3 is 1.69 bits per heavy atom. The van der Waals surface area contributed by atoms with E-state index in [1.54, 1.807) is 0 Å². The summed E-state index contributed by atoms with van der Waals surface area (Å²) in [6.07, 6.45) is 37.8. The number of amides is 1. The lowest BCUT2D eigenvalue weighted by atomic mass is 10.1. The highest BCUT2D eigenvalue weighted by atomic mass is 31.2. The Kier molecular flexibility index (Phi) is 34.7. The number of unbranched alkanes of at least 4 members (excludes halogenated alkanes) is 17. The number of carbonyl (C=O) groups is 2. The SMILES string of the molecule is CCCCC/C=C\C/C=C\CCCCCCCC(=O)OCC(O)COP(=O)(O)OCCNC(=O)CCCCCCC/C=C\CCCCCC. The molecule has 1 amide bonds. The number of phosphoric ester groups is 1. The maximum absolute atomic E-state index is 12.0. The summed E-state index contributed by atoms with van der Waals surface area (Å²) in [7, 11) is -4.41. The summed E-state index contributed by atoms with van der Waals surface area (Å²) < 4.78 is 26.8. The average Bonchev–Trinajstić information content (AvgIpc) is 3.08. The van der Waals surface area contributed by atoms with Crippen molar-refractivity contribution in [3.05, 3.63) is 36.5 Å². The molecule has 0 aromatic rings. The predicted octanol–water partition coefficient (Wildman–Crippen LogP) is 10.2. The number of ether oxygens (including phenoxy) is 1. The fraction of sp³-hybridized carbons (Fsp3) is 0.795. The molecule has 2 unspecified atom stereocenters. The molecule has 0 fully saturated rings. The van der Waals surface area contributed by atoms with Crippen molar-refractivity contribution in [3.63, 3.8) is 0 Å². The van der Waals surface area contributed by atoms with Crippen molar-refractivity contribution < 1.29 is 37.9 Å². The second kappa shape index (κ2) is 36.0. The van der Waals surface area contributed by atoms with Crippen LogP contribution in [0.2, 0.25) is 0 Å². The number of phosphoric acid groups is 1. The van der Waals surface area contributed by atoms with E-state index in [-0.39, 0.29) is 32.1 Å². The van der Waals surface area contributed by atoms with Gasteiger partial charge in [0.1, 0.15) is 12.7 Å². The molecule has 0 aliphatic rings.